The number of hydrogen-bond acceptors (Lipinski definition) is 3. The van der Waals surface area contributed by atoms with E-state index in [0.29, 0.717) is 11.1 Å². The lowest BCUT2D eigenvalue weighted by molar-refractivity contribution is 0.104. The number of anilines is 2. The number of allylic oxidation sites excluding steroid dienone is 1. The second-order valence-corrected chi connectivity index (χ2v) is 7.53. The molecule has 0 saturated heterocycles. The molecule has 32 heavy (non-hydrogen) atoms. The van der Waals surface area contributed by atoms with Crippen LogP contribution in [0.1, 0.15) is 15.9 Å². The van der Waals surface area contributed by atoms with Crippen molar-refractivity contribution in [1.82, 2.24) is 0 Å². The highest BCUT2D eigenvalue weighted by atomic mass is 19.2. The van der Waals surface area contributed by atoms with E-state index in [-0.39, 0.29) is 22.7 Å². The average Bonchev–Trinajstić information content (AvgIpc) is 2.82. The fourth-order valence-electron chi connectivity index (χ4n) is 4.22. The van der Waals surface area contributed by atoms with Gasteiger partial charge < -0.3 is 9.55 Å². The molecule has 0 aromatic heterocycles. The van der Waals surface area contributed by atoms with Gasteiger partial charge in [0.1, 0.15) is 5.75 Å². The van der Waals surface area contributed by atoms with Gasteiger partial charge in [0, 0.05) is 16.8 Å². The molecule has 0 fully saturated rings. The zero-order valence-corrected chi connectivity index (χ0v) is 17.3. The largest absolute Gasteiger partial charge is 0.678 e. The average molecular weight is 425 g/mol. The lowest BCUT2D eigenvalue weighted by Gasteiger charge is -2.27. The van der Waals surface area contributed by atoms with Crippen LogP contribution in [-0.2, 0) is 0 Å². The van der Waals surface area contributed by atoms with Crippen molar-refractivity contribution in [3.63, 3.8) is 0 Å². The van der Waals surface area contributed by atoms with Crippen LogP contribution >= 0.6 is 0 Å². The van der Waals surface area contributed by atoms with Crippen LogP contribution in [0.25, 0.3) is 28.0 Å². The summed E-state index contributed by atoms with van der Waals surface area (Å²) >= 11 is 0. The van der Waals surface area contributed by atoms with Crippen LogP contribution in [0, 0.1) is 0 Å². The van der Waals surface area contributed by atoms with E-state index in [1.807, 2.05) is 42.5 Å². The first kappa shape index (κ1) is 20.0. The summed E-state index contributed by atoms with van der Waals surface area (Å²) in [4.78, 5) is 13.8. The number of rotatable bonds is 5. The summed E-state index contributed by atoms with van der Waals surface area (Å²) in [6.45, 7) is 0. The Hall–Kier alpha value is -3.93. The summed E-state index contributed by atoms with van der Waals surface area (Å²) in [5.41, 5.74) is 3.64. The maximum absolute atomic E-state index is 14.3. The molecular weight excluding hydrogens is 407 g/mol. The molecule has 4 aromatic rings. The van der Waals surface area contributed by atoms with Crippen molar-refractivity contribution in [2.45, 2.75) is 0 Å². The molecule has 0 saturated carbocycles. The third-order valence-electron chi connectivity index (χ3n) is 5.70. The van der Waals surface area contributed by atoms with Crippen molar-refractivity contribution >= 4 is 41.4 Å². The van der Waals surface area contributed by atoms with Crippen LogP contribution in [0.5, 0.6) is 5.75 Å². The van der Waals surface area contributed by atoms with Crippen LogP contribution in [-0.4, -0.2) is 20.3 Å². The van der Waals surface area contributed by atoms with Gasteiger partial charge in [-0.05, 0) is 70.6 Å². The third-order valence-corrected chi connectivity index (χ3v) is 5.70. The van der Waals surface area contributed by atoms with Gasteiger partial charge in [0.15, 0.2) is 5.78 Å². The van der Waals surface area contributed by atoms with E-state index in [1.165, 1.54) is 13.2 Å². The van der Waals surface area contributed by atoms with Gasteiger partial charge in [0.25, 0.3) is 0 Å². The highest BCUT2D eigenvalue weighted by Gasteiger charge is 2.32. The minimum Gasteiger partial charge on any atom is -0.497 e. The molecule has 0 heterocycles. The van der Waals surface area contributed by atoms with Gasteiger partial charge in [-0.15, -0.1) is 0 Å². The molecule has 6 heteroatoms. The number of ether oxygens (including phenoxy) is 1. The fraction of sp³-hybridized carbons (Fsp3) is 0.0385. The number of carbonyl (C=O) groups is 1. The third kappa shape index (κ3) is 3.34. The standard InChI is InChI=1S/C26H18BF2NO2/c1-32-22-11-9-21(10-12-22)30(27(28)29)23-13-7-18-15-20(17-5-3-2-4-6-17)16-19-8-14-24(31)26(23)25(18)19/h2-16H,1H3. The zero-order valence-electron chi connectivity index (χ0n) is 17.3. The van der Waals surface area contributed by atoms with E-state index in [1.54, 1.807) is 42.5 Å². The van der Waals surface area contributed by atoms with Crippen molar-refractivity contribution < 1.29 is 18.2 Å². The maximum atomic E-state index is 14.3. The Morgan fingerprint density at radius 3 is 2.28 bits per heavy atom. The van der Waals surface area contributed by atoms with E-state index in [9.17, 15) is 13.4 Å². The van der Waals surface area contributed by atoms with Gasteiger partial charge in [0.2, 0.25) is 0 Å². The van der Waals surface area contributed by atoms with Crippen molar-refractivity contribution in [1.29, 1.82) is 0 Å². The molecular formula is C26H18BF2NO2. The maximum Gasteiger partial charge on any atom is 0.678 e. The molecule has 0 radical (unpaired) electrons. The van der Waals surface area contributed by atoms with E-state index >= 15 is 0 Å². The minimum absolute atomic E-state index is 0.181. The number of benzene rings is 4. The smallest absolute Gasteiger partial charge is 0.497 e. The summed E-state index contributed by atoms with van der Waals surface area (Å²) < 4.78 is 33.7. The molecule has 0 spiro atoms. The monoisotopic (exact) mass is 425 g/mol. The molecule has 0 atom stereocenters. The first-order chi connectivity index (χ1) is 15.6. The quantitative estimate of drug-likeness (QED) is 0.330. The molecule has 0 bridgehead atoms. The highest BCUT2D eigenvalue weighted by molar-refractivity contribution is 6.51. The first-order valence-electron chi connectivity index (χ1n) is 10.2. The Kier molecular flexibility index (Phi) is 4.98. The van der Waals surface area contributed by atoms with Crippen molar-refractivity contribution in [2.75, 3.05) is 11.9 Å². The summed E-state index contributed by atoms with van der Waals surface area (Å²) in [5.74, 6) is 0.280. The van der Waals surface area contributed by atoms with Crippen LogP contribution in [0.3, 0.4) is 0 Å². The fourth-order valence-corrected chi connectivity index (χ4v) is 4.22. The Balaban J connectivity index is 1.72. The van der Waals surface area contributed by atoms with Gasteiger partial charge >= 0.3 is 7.40 Å². The molecule has 5 rings (SSSR count). The highest BCUT2D eigenvalue weighted by Crippen LogP contribution is 2.41. The number of halogens is 2. The summed E-state index contributed by atoms with van der Waals surface area (Å²) in [7, 11) is -1.31. The Labute approximate surface area is 184 Å². The lowest BCUT2D eigenvalue weighted by atomic mass is 9.87. The molecule has 3 nitrogen and oxygen atoms in total. The van der Waals surface area contributed by atoms with E-state index < -0.39 is 7.40 Å². The van der Waals surface area contributed by atoms with E-state index in [2.05, 4.69) is 0 Å². The topological polar surface area (TPSA) is 29.5 Å². The van der Waals surface area contributed by atoms with Crippen LogP contribution in [0.4, 0.5) is 20.0 Å². The molecule has 0 amide bonds. The molecule has 1 aliphatic rings. The lowest BCUT2D eigenvalue weighted by Crippen LogP contribution is -2.29. The molecule has 4 aromatic carbocycles. The first-order valence-corrected chi connectivity index (χ1v) is 10.2. The number of ketones is 1. The number of nitrogens with zero attached hydrogens (tertiary/aromatic N) is 1. The zero-order chi connectivity index (χ0) is 22.2. The molecule has 0 unspecified atom stereocenters. The summed E-state index contributed by atoms with van der Waals surface area (Å²) in [6, 6.07) is 23.7. The van der Waals surface area contributed by atoms with Crippen LogP contribution < -0.4 is 9.55 Å². The van der Waals surface area contributed by atoms with Crippen molar-refractivity contribution in [3.8, 4) is 16.9 Å². The summed E-state index contributed by atoms with van der Waals surface area (Å²) in [5, 5.41) is 1.52. The predicted molar refractivity (Wildman–Crippen MR) is 126 cm³/mol. The van der Waals surface area contributed by atoms with Gasteiger partial charge in [-0.25, -0.2) is 0 Å². The number of hydrogen-bond donors (Lipinski definition) is 0. The number of methoxy groups -OCH3 is 1. The Morgan fingerprint density at radius 1 is 0.844 bits per heavy atom. The summed E-state index contributed by atoms with van der Waals surface area (Å²) in [6.07, 6.45) is 3.21. The number of carbonyl (C=O) groups excluding carboxylic acids is 1. The van der Waals surface area contributed by atoms with Gasteiger partial charge in [-0.1, -0.05) is 42.5 Å². The normalized spacial score (nSPS) is 12.2. The van der Waals surface area contributed by atoms with E-state index in [0.717, 1.165) is 26.9 Å². The van der Waals surface area contributed by atoms with E-state index in [4.69, 9.17) is 4.74 Å². The molecule has 156 valence electrons. The van der Waals surface area contributed by atoms with Crippen molar-refractivity contribution in [2.24, 2.45) is 0 Å². The predicted octanol–water partition coefficient (Wildman–Crippen LogP) is 6.79. The molecule has 0 aliphatic heterocycles. The SMILES string of the molecule is COc1ccc(N(B(F)F)c2ccc3cc(-c4ccccc4)cc4c3c2C(=O)C=C4)cc1. The van der Waals surface area contributed by atoms with Gasteiger partial charge in [-0.2, -0.15) is 0 Å². The second kappa shape index (κ2) is 7.96. The van der Waals surface area contributed by atoms with Crippen LogP contribution in [0.2, 0.25) is 0 Å². The van der Waals surface area contributed by atoms with Crippen LogP contribution in [0.15, 0.2) is 84.9 Å². The van der Waals surface area contributed by atoms with Gasteiger partial charge in [0.05, 0.1) is 12.7 Å². The minimum atomic E-state index is -2.83. The van der Waals surface area contributed by atoms with Crippen molar-refractivity contribution in [3.05, 3.63) is 96.1 Å². The van der Waals surface area contributed by atoms with Gasteiger partial charge in [-0.3, -0.25) is 13.4 Å². The second-order valence-electron chi connectivity index (χ2n) is 7.53. The molecule has 1 aliphatic carbocycles. The Morgan fingerprint density at radius 2 is 1.59 bits per heavy atom. The molecule has 0 N–H and O–H groups in total. The Bertz CT molecular complexity index is 1350.